The molecule has 0 N–H and O–H groups in total. The van der Waals surface area contributed by atoms with Crippen LogP contribution in [0.25, 0.3) is 10.8 Å². The fraction of sp³-hybridized carbons (Fsp3) is 0.593. The molecule has 4 heteroatoms. The lowest BCUT2D eigenvalue weighted by Gasteiger charge is -2.60. The number of benzene rings is 2. The quantitative estimate of drug-likeness (QED) is 0.414. The molecule has 0 bridgehead atoms. The summed E-state index contributed by atoms with van der Waals surface area (Å²) in [7, 11) is 0. The van der Waals surface area contributed by atoms with E-state index in [0.29, 0.717) is 29.6 Å². The Morgan fingerprint density at radius 3 is 2.68 bits per heavy atom. The topological polar surface area (TPSA) is 44.8 Å². The zero-order valence-electron chi connectivity index (χ0n) is 19.1. The van der Waals surface area contributed by atoms with Gasteiger partial charge in [0, 0.05) is 12.8 Å². The number of hydrogen-bond donors (Lipinski definition) is 0. The molecule has 5 atom stereocenters. The molecule has 1 aliphatic heterocycles. The van der Waals surface area contributed by atoms with E-state index in [4.69, 9.17) is 14.2 Å². The molecule has 1 saturated heterocycles. The maximum atomic E-state index is 11.8. The van der Waals surface area contributed by atoms with E-state index in [1.165, 1.54) is 32.6 Å². The van der Waals surface area contributed by atoms with Crippen molar-refractivity contribution < 1.29 is 19.0 Å². The highest BCUT2D eigenvalue weighted by molar-refractivity contribution is 5.89. The average molecular weight is 423 g/mol. The van der Waals surface area contributed by atoms with Gasteiger partial charge in [-0.1, -0.05) is 57.5 Å². The Kier molecular flexibility index (Phi) is 5.14. The van der Waals surface area contributed by atoms with Gasteiger partial charge in [-0.15, -0.1) is 0 Å². The molecular formula is C27H34O4. The highest BCUT2D eigenvalue weighted by Crippen LogP contribution is 2.61. The molecule has 2 saturated carbocycles. The molecule has 2 aromatic rings. The third-order valence-corrected chi connectivity index (χ3v) is 8.46. The van der Waals surface area contributed by atoms with E-state index in [9.17, 15) is 4.79 Å². The van der Waals surface area contributed by atoms with Gasteiger partial charge in [0.1, 0.15) is 5.75 Å². The molecule has 3 aliphatic rings. The Balaban J connectivity index is 1.48. The van der Waals surface area contributed by atoms with Gasteiger partial charge >= 0.3 is 5.97 Å². The van der Waals surface area contributed by atoms with Crippen molar-refractivity contribution in [2.45, 2.75) is 72.2 Å². The van der Waals surface area contributed by atoms with E-state index in [0.717, 1.165) is 22.8 Å². The molecule has 0 radical (unpaired) electrons. The largest absolute Gasteiger partial charge is 0.426 e. The number of carbonyl (C=O) groups is 1. The number of carbonyl (C=O) groups excluding carboxylic acids is 1. The third-order valence-electron chi connectivity index (χ3n) is 8.46. The Bertz CT molecular complexity index is 996. The second-order valence-corrected chi connectivity index (χ2v) is 10.7. The maximum Gasteiger partial charge on any atom is 0.308 e. The van der Waals surface area contributed by atoms with Crippen LogP contribution in [0.1, 0.15) is 71.7 Å². The van der Waals surface area contributed by atoms with Gasteiger partial charge in [-0.05, 0) is 59.3 Å². The Morgan fingerprint density at radius 2 is 1.87 bits per heavy atom. The lowest BCUT2D eigenvalue weighted by molar-refractivity contribution is -0.285. The van der Waals surface area contributed by atoms with Gasteiger partial charge < -0.3 is 14.2 Å². The van der Waals surface area contributed by atoms with E-state index in [-0.39, 0.29) is 17.5 Å². The fourth-order valence-corrected chi connectivity index (χ4v) is 7.05. The molecule has 3 fully saturated rings. The van der Waals surface area contributed by atoms with Crippen molar-refractivity contribution in [1.82, 2.24) is 0 Å². The van der Waals surface area contributed by atoms with Crippen LogP contribution < -0.4 is 4.74 Å². The van der Waals surface area contributed by atoms with Crippen LogP contribution >= 0.6 is 0 Å². The number of ether oxygens (including phenoxy) is 3. The van der Waals surface area contributed by atoms with Crippen LogP contribution in [-0.2, 0) is 14.3 Å². The molecule has 0 spiro atoms. The number of hydrogen-bond acceptors (Lipinski definition) is 4. The van der Waals surface area contributed by atoms with Crippen LogP contribution in [0, 0.1) is 22.7 Å². The van der Waals surface area contributed by atoms with Gasteiger partial charge in [-0.3, -0.25) is 4.79 Å². The summed E-state index contributed by atoms with van der Waals surface area (Å²) in [6.07, 6.45) is 5.80. The van der Waals surface area contributed by atoms with Crippen LogP contribution in [0.2, 0.25) is 0 Å². The predicted molar refractivity (Wildman–Crippen MR) is 121 cm³/mol. The SMILES string of the molecule is CC(=O)Oc1ccc2ccccc2c1[C@@H]1OC[C@@H]2[C@H](CC[C@@H]3C(C)(C)CCC[C@@]23C)O1. The van der Waals surface area contributed by atoms with Crippen LogP contribution in [0.3, 0.4) is 0 Å². The summed E-state index contributed by atoms with van der Waals surface area (Å²) in [5.41, 5.74) is 1.48. The first-order valence-electron chi connectivity index (χ1n) is 11.8. The molecule has 4 nitrogen and oxygen atoms in total. The van der Waals surface area contributed by atoms with Gasteiger partial charge in [0.25, 0.3) is 0 Å². The lowest BCUT2D eigenvalue weighted by atomic mass is 9.48. The zero-order chi connectivity index (χ0) is 21.8. The monoisotopic (exact) mass is 422 g/mol. The molecule has 1 heterocycles. The van der Waals surface area contributed by atoms with Crippen molar-refractivity contribution in [3.8, 4) is 5.75 Å². The number of rotatable bonds is 2. The van der Waals surface area contributed by atoms with Crippen molar-refractivity contribution >= 4 is 16.7 Å². The first-order valence-corrected chi connectivity index (χ1v) is 11.8. The maximum absolute atomic E-state index is 11.8. The second-order valence-electron chi connectivity index (χ2n) is 10.7. The minimum atomic E-state index is -0.515. The van der Waals surface area contributed by atoms with Crippen LogP contribution in [-0.4, -0.2) is 18.7 Å². The van der Waals surface area contributed by atoms with Crippen molar-refractivity contribution in [2.24, 2.45) is 22.7 Å². The lowest BCUT2D eigenvalue weighted by Crippen LogP contribution is -2.57. The van der Waals surface area contributed by atoms with Crippen molar-refractivity contribution in [2.75, 3.05) is 6.61 Å². The zero-order valence-corrected chi connectivity index (χ0v) is 19.1. The first kappa shape index (κ1) is 21.0. The van der Waals surface area contributed by atoms with Crippen LogP contribution in [0.5, 0.6) is 5.75 Å². The second kappa shape index (κ2) is 7.60. The van der Waals surface area contributed by atoms with Crippen LogP contribution in [0.15, 0.2) is 36.4 Å². The van der Waals surface area contributed by atoms with E-state index in [1.807, 2.05) is 24.3 Å². The summed E-state index contributed by atoms with van der Waals surface area (Å²) >= 11 is 0. The van der Waals surface area contributed by atoms with Crippen LogP contribution in [0.4, 0.5) is 0 Å². The Labute approximate surface area is 185 Å². The highest BCUT2D eigenvalue weighted by Gasteiger charge is 2.56. The minimum absolute atomic E-state index is 0.179. The molecule has 31 heavy (non-hydrogen) atoms. The normalized spacial score (nSPS) is 34.6. The molecule has 166 valence electrons. The number of fused-ring (bicyclic) bond motifs is 4. The molecule has 0 aromatic heterocycles. The summed E-state index contributed by atoms with van der Waals surface area (Å²) in [5, 5.41) is 2.11. The standard InChI is InChI=1S/C27H34O4/c1-17(28)30-22-11-10-18-8-5-6-9-19(18)24(22)25-29-16-20-21(31-25)12-13-23-26(2,3)14-7-15-27(20,23)4/h5-6,8-11,20-21,23,25H,7,12-16H2,1-4H3/t20-,21+,23-,25-,27+/m1/s1. The highest BCUT2D eigenvalue weighted by atomic mass is 16.7. The Hall–Kier alpha value is -1.91. The van der Waals surface area contributed by atoms with Gasteiger partial charge in [-0.2, -0.15) is 0 Å². The van der Waals surface area contributed by atoms with Gasteiger partial charge in [-0.25, -0.2) is 0 Å². The van der Waals surface area contributed by atoms with Gasteiger partial charge in [0.2, 0.25) is 0 Å². The minimum Gasteiger partial charge on any atom is -0.426 e. The number of esters is 1. The van der Waals surface area contributed by atoms with E-state index in [2.05, 4.69) is 32.9 Å². The molecule has 0 amide bonds. The Morgan fingerprint density at radius 1 is 1.06 bits per heavy atom. The van der Waals surface area contributed by atoms with Crippen molar-refractivity contribution in [3.05, 3.63) is 42.0 Å². The first-order chi connectivity index (χ1) is 14.8. The summed E-state index contributed by atoms with van der Waals surface area (Å²) in [6, 6.07) is 12.0. The summed E-state index contributed by atoms with van der Waals surface area (Å²) in [5.74, 6) is 1.33. The van der Waals surface area contributed by atoms with Gasteiger partial charge in [0.05, 0.1) is 18.3 Å². The summed E-state index contributed by atoms with van der Waals surface area (Å²) < 4.78 is 18.7. The average Bonchev–Trinajstić information content (AvgIpc) is 2.72. The van der Waals surface area contributed by atoms with E-state index >= 15 is 0 Å². The van der Waals surface area contributed by atoms with Gasteiger partial charge in [0.15, 0.2) is 6.29 Å². The van der Waals surface area contributed by atoms with E-state index < -0.39 is 6.29 Å². The van der Waals surface area contributed by atoms with Crippen molar-refractivity contribution in [1.29, 1.82) is 0 Å². The third kappa shape index (κ3) is 3.48. The fourth-order valence-electron chi connectivity index (χ4n) is 7.05. The van der Waals surface area contributed by atoms with Crippen molar-refractivity contribution in [3.63, 3.8) is 0 Å². The molecule has 2 aliphatic carbocycles. The predicted octanol–water partition coefficient (Wildman–Crippen LogP) is 6.42. The molecule has 2 aromatic carbocycles. The van der Waals surface area contributed by atoms with E-state index in [1.54, 1.807) is 0 Å². The summed E-state index contributed by atoms with van der Waals surface area (Å²) in [6.45, 7) is 9.50. The molecule has 0 unspecified atom stereocenters. The molecular weight excluding hydrogens is 388 g/mol. The smallest absolute Gasteiger partial charge is 0.308 e. The molecule has 5 rings (SSSR count). The summed E-state index contributed by atoms with van der Waals surface area (Å²) in [4.78, 5) is 11.8.